The second kappa shape index (κ2) is 11.8. The maximum atomic E-state index is 3.74. The second-order valence-electron chi connectivity index (χ2n) is 12.2. The van der Waals surface area contributed by atoms with Crippen LogP contribution in [-0.2, 0) is 6.42 Å². The molecule has 0 bridgehead atoms. The van der Waals surface area contributed by atoms with E-state index in [9.17, 15) is 0 Å². The molecule has 5 aromatic carbocycles. The molecule has 2 atom stereocenters. The van der Waals surface area contributed by atoms with E-state index in [4.69, 9.17) is 0 Å². The summed E-state index contributed by atoms with van der Waals surface area (Å²) >= 11 is 0. The molecule has 0 saturated heterocycles. The van der Waals surface area contributed by atoms with Gasteiger partial charge in [0.1, 0.15) is 0 Å². The number of rotatable bonds is 6. The number of nitrogens with one attached hydrogen (secondary N) is 2. The van der Waals surface area contributed by atoms with Crippen LogP contribution in [0, 0.1) is 0 Å². The summed E-state index contributed by atoms with van der Waals surface area (Å²) in [5, 5.41) is 13.5. The molecule has 0 fully saturated rings. The number of hydrogen-bond acceptors (Lipinski definition) is 2. The molecule has 0 saturated carbocycles. The third-order valence-electron chi connectivity index (χ3n) is 9.51. The fraction of sp³-hybridized carbons (Fsp3) is 0.116. The van der Waals surface area contributed by atoms with Crippen LogP contribution in [-0.4, -0.2) is 17.7 Å². The van der Waals surface area contributed by atoms with E-state index in [0.717, 1.165) is 17.8 Å². The van der Waals surface area contributed by atoms with Gasteiger partial charge in [0.25, 0.3) is 0 Å². The average Bonchev–Trinajstić information content (AvgIpc) is 3.46. The van der Waals surface area contributed by atoms with E-state index in [1.54, 1.807) is 0 Å². The van der Waals surface area contributed by atoms with E-state index in [1.165, 1.54) is 60.5 Å². The van der Waals surface area contributed by atoms with Crippen molar-refractivity contribution in [1.29, 1.82) is 0 Å². The highest BCUT2D eigenvalue weighted by atomic mass is 15.0. The molecule has 0 amide bonds. The predicted molar refractivity (Wildman–Crippen MR) is 196 cm³/mol. The van der Waals surface area contributed by atoms with Gasteiger partial charge < -0.3 is 15.2 Å². The molecule has 2 heterocycles. The largest absolute Gasteiger partial charge is 0.389 e. The minimum atomic E-state index is 0.0860. The van der Waals surface area contributed by atoms with E-state index < -0.39 is 0 Å². The van der Waals surface area contributed by atoms with Crippen molar-refractivity contribution in [3.05, 3.63) is 174 Å². The molecule has 2 N–H and O–H groups in total. The Bertz CT molecular complexity index is 2250. The lowest BCUT2D eigenvalue weighted by molar-refractivity contribution is 0.739. The molecular weight excluding hydrogens is 558 g/mol. The Kier molecular flexibility index (Phi) is 7.15. The quantitative estimate of drug-likeness (QED) is 0.188. The highest BCUT2D eigenvalue weighted by molar-refractivity contribution is 6.11. The van der Waals surface area contributed by atoms with E-state index in [-0.39, 0.29) is 6.04 Å². The first-order chi connectivity index (χ1) is 22.7. The zero-order valence-corrected chi connectivity index (χ0v) is 26.2. The summed E-state index contributed by atoms with van der Waals surface area (Å²) in [6.45, 7) is 2.04. The number of aromatic nitrogens is 1. The number of para-hydroxylation sites is 1. The average molecular weight is 596 g/mol. The van der Waals surface area contributed by atoms with Crippen LogP contribution in [0.2, 0.25) is 0 Å². The van der Waals surface area contributed by atoms with Crippen LogP contribution < -0.4 is 10.6 Å². The summed E-state index contributed by atoms with van der Waals surface area (Å²) in [5.74, 6) is 0.304. The van der Waals surface area contributed by atoms with Crippen molar-refractivity contribution in [3.63, 3.8) is 0 Å². The zero-order valence-electron chi connectivity index (χ0n) is 26.2. The fourth-order valence-electron chi connectivity index (χ4n) is 7.31. The number of dihydropyridines is 1. The Hall–Kier alpha value is -5.54. The molecule has 0 radical (unpaired) electrons. The van der Waals surface area contributed by atoms with Crippen molar-refractivity contribution in [2.45, 2.75) is 25.3 Å². The summed E-state index contributed by atoms with van der Waals surface area (Å²) in [6, 6.07) is 38.0. The number of allylic oxidation sites excluding steroid dienone is 6. The molecule has 8 rings (SSSR count). The van der Waals surface area contributed by atoms with Crippen LogP contribution in [0.5, 0.6) is 0 Å². The van der Waals surface area contributed by atoms with Crippen LogP contribution in [0.25, 0.3) is 49.9 Å². The Morgan fingerprint density at radius 2 is 1.65 bits per heavy atom. The van der Waals surface area contributed by atoms with Crippen molar-refractivity contribution in [2.75, 3.05) is 7.05 Å². The molecule has 224 valence electrons. The third kappa shape index (κ3) is 4.76. The van der Waals surface area contributed by atoms with Crippen LogP contribution >= 0.6 is 0 Å². The van der Waals surface area contributed by atoms with Gasteiger partial charge in [-0.15, -0.1) is 0 Å². The van der Waals surface area contributed by atoms with Gasteiger partial charge in [0.2, 0.25) is 0 Å². The van der Waals surface area contributed by atoms with Crippen LogP contribution in [0.4, 0.5) is 0 Å². The molecule has 1 aliphatic carbocycles. The van der Waals surface area contributed by atoms with Gasteiger partial charge in [-0.3, -0.25) is 0 Å². The maximum absolute atomic E-state index is 3.74. The summed E-state index contributed by atoms with van der Waals surface area (Å²) in [6.07, 6.45) is 18.5. The fourth-order valence-corrected chi connectivity index (χ4v) is 7.31. The van der Waals surface area contributed by atoms with Crippen molar-refractivity contribution in [3.8, 4) is 5.69 Å². The highest BCUT2D eigenvalue weighted by Crippen LogP contribution is 2.42. The molecule has 2 unspecified atom stereocenters. The summed E-state index contributed by atoms with van der Waals surface area (Å²) in [7, 11) is 1.98. The van der Waals surface area contributed by atoms with Gasteiger partial charge in [-0.05, 0) is 71.0 Å². The molecule has 0 spiro atoms. The number of benzene rings is 5. The van der Waals surface area contributed by atoms with Gasteiger partial charge in [0.05, 0.1) is 11.6 Å². The molecule has 1 aliphatic heterocycles. The number of fused-ring (bicyclic) bond motifs is 6. The third-order valence-corrected chi connectivity index (χ3v) is 9.51. The number of hydrogen-bond donors (Lipinski definition) is 2. The Labute approximate surface area is 270 Å². The molecule has 46 heavy (non-hydrogen) atoms. The highest BCUT2D eigenvalue weighted by Gasteiger charge is 2.26. The molecule has 6 aromatic rings. The predicted octanol–water partition coefficient (Wildman–Crippen LogP) is 9.84. The van der Waals surface area contributed by atoms with Crippen LogP contribution in [0.3, 0.4) is 0 Å². The lowest BCUT2D eigenvalue weighted by Crippen LogP contribution is -2.34. The SMILES string of the molecule is C/C=C\C=C(/NC)C1C=CC=C(c2ccc3c(ccc4c5c(n(-c6ccccc6)c43)CC(c3cccc4ccccc34)C=C5)c2)N1. The standard InChI is InChI=1S/C43H37N3/c1-3-4-18-40(44-2)41-20-11-19-39(45-41)32-23-24-36-30(27-32)22-26-38-37-25-21-31(35-17-10-13-29-12-8-9-16-34(29)35)28-42(37)46(43(36)38)33-14-6-5-7-15-33/h3-27,31,41,44-45H,28H2,1-2H3/b4-3-,40-18-. The number of likely N-dealkylation sites (N-methyl/N-ethyl adjacent to an activating group) is 1. The lowest BCUT2D eigenvalue weighted by atomic mass is 9.85. The smallest absolute Gasteiger partial charge is 0.0847 e. The molecule has 3 nitrogen and oxygen atoms in total. The first-order valence-corrected chi connectivity index (χ1v) is 16.2. The Morgan fingerprint density at radius 3 is 2.52 bits per heavy atom. The molecular formula is C43H37N3. The van der Waals surface area contributed by atoms with Gasteiger partial charge in [-0.25, -0.2) is 0 Å². The van der Waals surface area contributed by atoms with Gasteiger partial charge in [-0.2, -0.15) is 0 Å². The van der Waals surface area contributed by atoms with Crippen molar-refractivity contribution in [1.82, 2.24) is 15.2 Å². The monoisotopic (exact) mass is 595 g/mol. The number of nitrogens with zero attached hydrogens (tertiary/aromatic N) is 1. The first-order valence-electron chi connectivity index (χ1n) is 16.2. The Balaban J connectivity index is 1.24. The Morgan fingerprint density at radius 1 is 0.826 bits per heavy atom. The van der Waals surface area contributed by atoms with E-state index >= 15 is 0 Å². The first kappa shape index (κ1) is 28.0. The normalized spacial score (nSPS) is 17.9. The van der Waals surface area contributed by atoms with Gasteiger partial charge in [0, 0.05) is 52.1 Å². The van der Waals surface area contributed by atoms with E-state index in [1.807, 2.05) is 20.0 Å². The van der Waals surface area contributed by atoms with Crippen LogP contribution in [0.1, 0.15) is 35.2 Å². The summed E-state index contributed by atoms with van der Waals surface area (Å²) in [5.41, 5.74) is 10.0. The molecule has 2 aliphatic rings. The van der Waals surface area contributed by atoms with Crippen molar-refractivity contribution < 1.29 is 0 Å². The van der Waals surface area contributed by atoms with Crippen molar-refractivity contribution in [2.24, 2.45) is 0 Å². The summed E-state index contributed by atoms with van der Waals surface area (Å²) in [4.78, 5) is 0. The van der Waals surface area contributed by atoms with Gasteiger partial charge in [0.15, 0.2) is 0 Å². The topological polar surface area (TPSA) is 29.0 Å². The summed E-state index contributed by atoms with van der Waals surface area (Å²) < 4.78 is 2.52. The second-order valence-corrected chi connectivity index (χ2v) is 12.2. The molecule has 3 heteroatoms. The lowest BCUT2D eigenvalue weighted by Gasteiger charge is -2.24. The minimum Gasteiger partial charge on any atom is -0.389 e. The molecule has 1 aromatic heterocycles. The maximum Gasteiger partial charge on any atom is 0.0847 e. The van der Waals surface area contributed by atoms with E-state index in [0.29, 0.717) is 5.92 Å². The minimum absolute atomic E-state index is 0.0860. The van der Waals surface area contributed by atoms with Gasteiger partial charge >= 0.3 is 0 Å². The zero-order chi connectivity index (χ0) is 31.0. The van der Waals surface area contributed by atoms with E-state index in [2.05, 4.69) is 161 Å². The van der Waals surface area contributed by atoms with Crippen molar-refractivity contribution >= 4 is 44.2 Å². The van der Waals surface area contributed by atoms with Gasteiger partial charge in [-0.1, -0.05) is 121 Å². The van der Waals surface area contributed by atoms with Crippen LogP contribution in [0.15, 0.2) is 151 Å².